The molecule has 0 aliphatic carbocycles. The molecule has 0 amide bonds. The predicted octanol–water partition coefficient (Wildman–Crippen LogP) is 4.19. The summed E-state index contributed by atoms with van der Waals surface area (Å²) in [6, 6.07) is 12.1. The molecule has 0 aliphatic rings. The lowest BCUT2D eigenvalue weighted by atomic mass is 10.1. The number of halogens is 1. The summed E-state index contributed by atoms with van der Waals surface area (Å²) in [5.74, 6) is 0.693. The number of benzene rings is 1. The number of hydrogen-bond acceptors (Lipinski definition) is 4. The van der Waals surface area contributed by atoms with Gasteiger partial charge in [0.2, 0.25) is 0 Å². The van der Waals surface area contributed by atoms with E-state index >= 15 is 0 Å². The second-order valence-corrected chi connectivity index (χ2v) is 8.31. The predicted molar refractivity (Wildman–Crippen MR) is 109 cm³/mol. The van der Waals surface area contributed by atoms with Crippen molar-refractivity contribution in [3.63, 3.8) is 0 Å². The summed E-state index contributed by atoms with van der Waals surface area (Å²) in [5, 5.41) is 7.45. The molecule has 4 nitrogen and oxygen atoms in total. The molecule has 0 aliphatic heterocycles. The average molecular weight is 403 g/mol. The van der Waals surface area contributed by atoms with Gasteiger partial charge in [0.1, 0.15) is 17.4 Å². The van der Waals surface area contributed by atoms with E-state index in [1.54, 1.807) is 11.3 Å². The molecule has 0 radical (unpaired) electrons. The summed E-state index contributed by atoms with van der Waals surface area (Å²) in [6.45, 7) is 2.78. The van der Waals surface area contributed by atoms with Crippen molar-refractivity contribution in [1.82, 2.24) is 9.97 Å². The van der Waals surface area contributed by atoms with Gasteiger partial charge in [0.25, 0.3) is 5.56 Å². The molecule has 3 aromatic heterocycles. The summed E-state index contributed by atoms with van der Waals surface area (Å²) < 4.78 is 0. The van der Waals surface area contributed by atoms with Crippen molar-refractivity contribution in [2.75, 3.05) is 0 Å². The van der Waals surface area contributed by atoms with Gasteiger partial charge in [-0.2, -0.15) is 0 Å². The average Bonchev–Trinajstić information content (AvgIpc) is 3.30. The number of nitrogens with two attached hydrogens (primary N) is 1. The SMILES string of the molecule is C[C@H]([NH2+]Cc1nc2scc(-c3ccccc3Cl)c2c(=O)[nH]1)c1cccs1. The molecule has 0 bridgehead atoms. The Kier molecular flexibility index (Phi) is 4.91. The Bertz CT molecular complexity index is 1100. The summed E-state index contributed by atoms with van der Waals surface area (Å²) in [4.78, 5) is 22.3. The zero-order valence-electron chi connectivity index (χ0n) is 14.0. The maximum atomic E-state index is 12.7. The van der Waals surface area contributed by atoms with Crippen LogP contribution < -0.4 is 10.9 Å². The molecule has 3 N–H and O–H groups in total. The van der Waals surface area contributed by atoms with Crippen molar-refractivity contribution in [3.05, 3.63) is 73.2 Å². The number of rotatable bonds is 5. The molecule has 4 rings (SSSR count). The molecule has 132 valence electrons. The van der Waals surface area contributed by atoms with E-state index in [4.69, 9.17) is 11.6 Å². The monoisotopic (exact) mass is 402 g/mol. The molecule has 7 heteroatoms. The fourth-order valence-corrected chi connectivity index (χ4v) is 4.90. The smallest absolute Gasteiger partial charge is 0.260 e. The minimum atomic E-state index is -0.113. The molecular formula is C19H17ClN3OS2+. The Balaban J connectivity index is 1.64. The third kappa shape index (κ3) is 3.33. The van der Waals surface area contributed by atoms with Crippen molar-refractivity contribution >= 4 is 44.5 Å². The lowest BCUT2D eigenvalue weighted by Gasteiger charge is -2.08. The van der Waals surface area contributed by atoms with E-state index in [-0.39, 0.29) is 5.56 Å². The van der Waals surface area contributed by atoms with Gasteiger partial charge in [-0.15, -0.1) is 22.7 Å². The van der Waals surface area contributed by atoms with Crippen LogP contribution in [0.15, 0.2) is 52.0 Å². The molecule has 26 heavy (non-hydrogen) atoms. The number of fused-ring (bicyclic) bond motifs is 1. The van der Waals surface area contributed by atoms with Gasteiger partial charge in [-0.05, 0) is 24.4 Å². The minimum Gasteiger partial charge on any atom is -0.333 e. The maximum Gasteiger partial charge on any atom is 0.260 e. The molecule has 0 unspecified atom stereocenters. The van der Waals surface area contributed by atoms with Gasteiger partial charge in [0.15, 0.2) is 5.82 Å². The summed E-state index contributed by atoms with van der Waals surface area (Å²) >= 11 is 9.52. The van der Waals surface area contributed by atoms with Gasteiger partial charge >= 0.3 is 0 Å². The van der Waals surface area contributed by atoms with E-state index in [9.17, 15) is 4.79 Å². The first-order chi connectivity index (χ1) is 12.6. The quantitative estimate of drug-likeness (QED) is 0.525. The first-order valence-electron chi connectivity index (χ1n) is 8.25. The van der Waals surface area contributed by atoms with Gasteiger partial charge < -0.3 is 10.3 Å². The highest BCUT2D eigenvalue weighted by molar-refractivity contribution is 7.17. The van der Waals surface area contributed by atoms with Gasteiger partial charge in [-0.1, -0.05) is 35.9 Å². The lowest BCUT2D eigenvalue weighted by molar-refractivity contribution is -0.708. The van der Waals surface area contributed by atoms with Crippen LogP contribution >= 0.6 is 34.3 Å². The highest BCUT2D eigenvalue weighted by Gasteiger charge is 2.16. The number of aromatic nitrogens is 2. The van der Waals surface area contributed by atoms with Crippen molar-refractivity contribution < 1.29 is 5.32 Å². The Morgan fingerprint density at radius 2 is 2.04 bits per heavy atom. The van der Waals surface area contributed by atoms with Crippen LogP contribution in [0.2, 0.25) is 5.02 Å². The minimum absolute atomic E-state index is 0.113. The second kappa shape index (κ2) is 7.32. The second-order valence-electron chi connectivity index (χ2n) is 6.07. The van der Waals surface area contributed by atoms with Crippen molar-refractivity contribution in [3.8, 4) is 11.1 Å². The summed E-state index contributed by atoms with van der Waals surface area (Å²) in [7, 11) is 0. The Morgan fingerprint density at radius 1 is 1.19 bits per heavy atom. The molecule has 1 atom stereocenters. The molecule has 0 fully saturated rings. The maximum absolute atomic E-state index is 12.7. The first kappa shape index (κ1) is 17.4. The largest absolute Gasteiger partial charge is 0.333 e. The standard InChI is InChI=1S/C19H16ClN3OS2/c1-11(15-7-4-8-25-15)21-9-16-22-18(24)17-13(10-26-19(17)23-16)12-5-2-3-6-14(12)20/h2-8,10-11,21H,9H2,1H3,(H,22,23,24)/p+1/t11-/m0/s1. The fraction of sp³-hybridized carbons (Fsp3) is 0.158. The van der Waals surface area contributed by atoms with E-state index in [1.165, 1.54) is 16.2 Å². The van der Waals surface area contributed by atoms with Gasteiger partial charge in [0, 0.05) is 21.5 Å². The third-order valence-corrected chi connectivity index (χ3v) is 6.59. The lowest BCUT2D eigenvalue weighted by Crippen LogP contribution is -2.83. The molecule has 4 aromatic rings. The molecule has 1 aromatic carbocycles. The van der Waals surface area contributed by atoms with Crippen LogP contribution in [0, 0.1) is 0 Å². The number of aromatic amines is 1. The van der Waals surface area contributed by atoms with Crippen LogP contribution in [-0.2, 0) is 6.54 Å². The van der Waals surface area contributed by atoms with E-state index in [1.807, 2.05) is 29.6 Å². The number of hydrogen-bond donors (Lipinski definition) is 2. The van der Waals surface area contributed by atoms with Gasteiger partial charge in [0.05, 0.1) is 10.3 Å². The number of nitrogens with one attached hydrogen (secondary N) is 1. The fourth-order valence-electron chi connectivity index (χ4n) is 2.92. The topological polar surface area (TPSA) is 62.4 Å². The zero-order valence-corrected chi connectivity index (χ0v) is 16.4. The zero-order chi connectivity index (χ0) is 18.1. The Morgan fingerprint density at radius 3 is 2.81 bits per heavy atom. The molecule has 3 heterocycles. The summed E-state index contributed by atoms with van der Waals surface area (Å²) in [5.41, 5.74) is 1.59. The third-order valence-electron chi connectivity index (χ3n) is 4.31. The molecule has 0 saturated carbocycles. The van der Waals surface area contributed by atoms with Crippen molar-refractivity contribution in [2.45, 2.75) is 19.5 Å². The van der Waals surface area contributed by atoms with Crippen molar-refractivity contribution in [1.29, 1.82) is 0 Å². The van der Waals surface area contributed by atoms with Crippen LogP contribution in [0.3, 0.4) is 0 Å². The number of quaternary nitrogens is 1. The Hall–Kier alpha value is -1.99. The highest BCUT2D eigenvalue weighted by atomic mass is 35.5. The summed E-state index contributed by atoms with van der Waals surface area (Å²) in [6.07, 6.45) is 0. The van der Waals surface area contributed by atoms with E-state index in [2.05, 4.69) is 39.7 Å². The molecule has 0 spiro atoms. The number of H-pyrrole nitrogens is 1. The van der Waals surface area contributed by atoms with Crippen LogP contribution in [-0.4, -0.2) is 9.97 Å². The molecular weight excluding hydrogens is 386 g/mol. The van der Waals surface area contributed by atoms with E-state index < -0.39 is 0 Å². The normalized spacial score (nSPS) is 12.5. The van der Waals surface area contributed by atoms with Gasteiger partial charge in [-0.25, -0.2) is 4.98 Å². The molecule has 0 saturated heterocycles. The first-order valence-corrected chi connectivity index (χ1v) is 10.4. The van der Waals surface area contributed by atoms with Gasteiger partial charge in [-0.3, -0.25) is 4.79 Å². The van der Waals surface area contributed by atoms with E-state index in [0.29, 0.717) is 28.8 Å². The highest BCUT2D eigenvalue weighted by Crippen LogP contribution is 2.34. The van der Waals surface area contributed by atoms with Crippen LogP contribution in [0.1, 0.15) is 23.7 Å². The van der Waals surface area contributed by atoms with Crippen LogP contribution in [0.25, 0.3) is 21.3 Å². The van der Waals surface area contributed by atoms with E-state index in [0.717, 1.165) is 16.0 Å². The Labute approximate surface area is 163 Å². The van der Waals surface area contributed by atoms with Crippen LogP contribution in [0.5, 0.6) is 0 Å². The number of thiophene rings is 2. The van der Waals surface area contributed by atoms with Crippen molar-refractivity contribution in [2.24, 2.45) is 0 Å². The number of nitrogens with zero attached hydrogens (tertiary/aromatic N) is 1. The van der Waals surface area contributed by atoms with Crippen LogP contribution in [0.4, 0.5) is 0 Å².